The summed E-state index contributed by atoms with van der Waals surface area (Å²) in [7, 11) is 0. The summed E-state index contributed by atoms with van der Waals surface area (Å²) < 4.78 is 11.2. The number of fused-ring (bicyclic) bond motifs is 1. The number of carbonyl (C=O) groups is 2. The van der Waals surface area contributed by atoms with Crippen molar-refractivity contribution in [1.29, 1.82) is 0 Å². The molecule has 1 fully saturated rings. The van der Waals surface area contributed by atoms with Gasteiger partial charge in [0.1, 0.15) is 19.3 Å². The molecule has 4 rings (SSSR count). The van der Waals surface area contributed by atoms with Gasteiger partial charge in [0.15, 0.2) is 11.5 Å². The summed E-state index contributed by atoms with van der Waals surface area (Å²) in [4.78, 5) is 28.2. The molecule has 2 aromatic carbocycles. The summed E-state index contributed by atoms with van der Waals surface area (Å²) in [6, 6.07) is 10.5. The fourth-order valence-corrected chi connectivity index (χ4v) is 5.09. The summed E-state index contributed by atoms with van der Waals surface area (Å²) in [5, 5.41) is 4.15. The van der Waals surface area contributed by atoms with Crippen LogP contribution in [0.25, 0.3) is 0 Å². The van der Waals surface area contributed by atoms with Crippen LogP contribution in [0.1, 0.15) is 56.6 Å². The summed E-state index contributed by atoms with van der Waals surface area (Å²) in [6.45, 7) is 3.06. The molecule has 0 radical (unpaired) electrons. The zero-order valence-corrected chi connectivity index (χ0v) is 21.5. The zero-order valence-electron chi connectivity index (χ0n) is 20.0. The molecule has 1 aliphatic heterocycles. The molecule has 1 atom stereocenters. The largest absolute Gasteiger partial charge is 0.486 e. The molecule has 0 bridgehead atoms. The van der Waals surface area contributed by atoms with Gasteiger partial charge >= 0.3 is 0 Å². The van der Waals surface area contributed by atoms with E-state index in [-0.39, 0.29) is 30.8 Å². The summed E-state index contributed by atoms with van der Waals surface area (Å²) in [5.41, 5.74) is 1.73. The van der Waals surface area contributed by atoms with Crippen LogP contribution < -0.4 is 14.8 Å². The number of ether oxygens (including phenoxy) is 2. The maximum absolute atomic E-state index is 13.4. The number of aryl methyl sites for hydroxylation is 1. The molecule has 2 aliphatic rings. The Bertz CT molecular complexity index is 1060. The lowest BCUT2D eigenvalue weighted by atomic mass is 9.95. The van der Waals surface area contributed by atoms with Crippen LogP contribution in [0.4, 0.5) is 0 Å². The fourth-order valence-electron chi connectivity index (χ4n) is 4.62. The Hall–Kier alpha value is -2.44. The van der Waals surface area contributed by atoms with Gasteiger partial charge in [0.25, 0.3) is 0 Å². The highest BCUT2D eigenvalue weighted by Gasteiger charge is 2.28. The first-order valence-electron chi connectivity index (χ1n) is 12.3. The molecule has 35 heavy (non-hydrogen) atoms. The summed E-state index contributed by atoms with van der Waals surface area (Å²) in [6.07, 6.45) is 6.21. The Kier molecular flexibility index (Phi) is 8.79. The third-order valence-electron chi connectivity index (χ3n) is 6.71. The molecular weight excluding hydrogens is 487 g/mol. The van der Waals surface area contributed by atoms with E-state index in [1.54, 1.807) is 30.0 Å². The van der Waals surface area contributed by atoms with E-state index in [9.17, 15) is 9.59 Å². The number of benzene rings is 2. The summed E-state index contributed by atoms with van der Waals surface area (Å²) >= 11 is 12.5. The normalized spacial score (nSPS) is 16.4. The second kappa shape index (κ2) is 12.0. The molecule has 8 heteroatoms. The third-order valence-corrected chi connectivity index (χ3v) is 7.30. The van der Waals surface area contributed by atoms with Gasteiger partial charge in [0.05, 0.1) is 0 Å². The lowest BCUT2D eigenvalue weighted by Crippen LogP contribution is -2.50. The molecule has 188 valence electrons. The van der Waals surface area contributed by atoms with E-state index in [1.807, 2.05) is 18.2 Å². The second-order valence-corrected chi connectivity index (χ2v) is 10.1. The number of rotatable bonds is 8. The van der Waals surface area contributed by atoms with Gasteiger partial charge < -0.3 is 19.7 Å². The van der Waals surface area contributed by atoms with Crippen molar-refractivity contribution in [3.8, 4) is 11.5 Å². The lowest BCUT2D eigenvalue weighted by molar-refractivity contribution is -0.141. The highest BCUT2D eigenvalue weighted by atomic mass is 35.5. The Morgan fingerprint density at radius 3 is 2.51 bits per heavy atom. The Morgan fingerprint density at radius 1 is 1.03 bits per heavy atom. The van der Waals surface area contributed by atoms with E-state index < -0.39 is 6.04 Å². The van der Waals surface area contributed by atoms with Gasteiger partial charge in [-0.05, 0) is 61.6 Å². The number of hydrogen-bond donors (Lipinski definition) is 1. The molecule has 0 aromatic heterocycles. The number of hydrogen-bond acceptors (Lipinski definition) is 4. The molecule has 2 aromatic rings. The average Bonchev–Trinajstić information content (AvgIpc) is 2.87. The molecule has 1 saturated carbocycles. The maximum atomic E-state index is 13.4. The van der Waals surface area contributed by atoms with Crippen molar-refractivity contribution < 1.29 is 19.1 Å². The highest BCUT2D eigenvalue weighted by molar-refractivity contribution is 6.35. The van der Waals surface area contributed by atoms with Crippen LogP contribution in [0, 0.1) is 0 Å². The monoisotopic (exact) mass is 518 g/mol. The van der Waals surface area contributed by atoms with Crippen molar-refractivity contribution in [1.82, 2.24) is 10.2 Å². The van der Waals surface area contributed by atoms with Crippen LogP contribution in [0.15, 0.2) is 36.4 Å². The number of carbonyl (C=O) groups excluding carboxylic acids is 2. The highest BCUT2D eigenvalue weighted by Crippen LogP contribution is 2.31. The van der Waals surface area contributed by atoms with Crippen molar-refractivity contribution in [3.05, 3.63) is 57.6 Å². The van der Waals surface area contributed by atoms with Gasteiger partial charge in [0.2, 0.25) is 11.8 Å². The molecule has 1 N–H and O–H groups in total. The van der Waals surface area contributed by atoms with Gasteiger partial charge in [-0.3, -0.25) is 9.59 Å². The zero-order chi connectivity index (χ0) is 24.8. The molecule has 1 aliphatic carbocycles. The Morgan fingerprint density at radius 2 is 1.77 bits per heavy atom. The van der Waals surface area contributed by atoms with E-state index in [2.05, 4.69) is 5.32 Å². The first kappa shape index (κ1) is 25.6. The van der Waals surface area contributed by atoms with E-state index >= 15 is 0 Å². The topological polar surface area (TPSA) is 67.9 Å². The van der Waals surface area contributed by atoms with E-state index in [0.29, 0.717) is 35.4 Å². The minimum atomic E-state index is -0.628. The first-order valence-corrected chi connectivity index (χ1v) is 13.1. The average molecular weight is 519 g/mol. The molecular formula is C27H32Cl2N2O4. The predicted octanol–water partition coefficient (Wildman–Crippen LogP) is 5.56. The molecule has 2 amide bonds. The van der Waals surface area contributed by atoms with Crippen LogP contribution in [0.5, 0.6) is 11.5 Å². The standard InChI is InChI=1S/C27H32Cl2N2O4/c1-18(27(33)30-22-5-3-2-4-6-22)31(17-20-9-10-21(28)16-23(20)29)26(32)12-8-19-7-11-24-25(15-19)35-14-13-34-24/h7,9-11,15-16,18,22H,2-6,8,12-14,17H2,1H3,(H,30,33)/t18-/m0/s1. The molecule has 6 nitrogen and oxygen atoms in total. The van der Waals surface area contributed by atoms with Gasteiger partial charge in [0, 0.05) is 29.1 Å². The van der Waals surface area contributed by atoms with Crippen LogP contribution in [-0.2, 0) is 22.6 Å². The number of halogens is 2. The van der Waals surface area contributed by atoms with E-state index in [4.69, 9.17) is 32.7 Å². The van der Waals surface area contributed by atoms with Crippen LogP contribution in [-0.4, -0.2) is 42.0 Å². The first-order chi connectivity index (χ1) is 16.9. The third kappa shape index (κ3) is 6.83. The van der Waals surface area contributed by atoms with Gasteiger partial charge in [-0.1, -0.05) is 54.6 Å². The number of amides is 2. The molecule has 1 heterocycles. The quantitative estimate of drug-likeness (QED) is 0.496. The van der Waals surface area contributed by atoms with Crippen molar-refractivity contribution >= 4 is 35.0 Å². The van der Waals surface area contributed by atoms with Gasteiger partial charge in [-0.25, -0.2) is 0 Å². The molecule has 0 saturated heterocycles. The van der Waals surface area contributed by atoms with Crippen LogP contribution in [0.2, 0.25) is 10.0 Å². The van der Waals surface area contributed by atoms with Crippen molar-refractivity contribution in [2.45, 2.75) is 70.5 Å². The Balaban J connectivity index is 1.47. The predicted molar refractivity (Wildman–Crippen MR) is 137 cm³/mol. The summed E-state index contributed by atoms with van der Waals surface area (Å²) in [5.74, 6) is 1.18. The maximum Gasteiger partial charge on any atom is 0.242 e. The minimum absolute atomic E-state index is 0.114. The molecule has 0 spiro atoms. The van der Waals surface area contributed by atoms with Crippen molar-refractivity contribution in [2.24, 2.45) is 0 Å². The number of nitrogens with one attached hydrogen (secondary N) is 1. The molecule has 0 unspecified atom stereocenters. The van der Waals surface area contributed by atoms with Gasteiger partial charge in [-0.15, -0.1) is 0 Å². The minimum Gasteiger partial charge on any atom is -0.486 e. The van der Waals surface area contributed by atoms with Crippen LogP contribution in [0.3, 0.4) is 0 Å². The lowest BCUT2D eigenvalue weighted by Gasteiger charge is -2.31. The van der Waals surface area contributed by atoms with Crippen molar-refractivity contribution in [2.75, 3.05) is 13.2 Å². The van der Waals surface area contributed by atoms with E-state index in [0.717, 1.165) is 42.6 Å². The van der Waals surface area contributed by atoms with Crippen LogP contribution >= 0.6 is 23.2 Å². The number of nitrogens with zero attached hydrogens (tertiary/aromatic N) is 1. The smallest absolute Gasteiger partial charge is 0.242 e. The van der Waals surface area contributed by atoms with Gasteiger partial charge in [-0.2, -0.15) is 0 Å². The van der Waals surface area contributed by atoms with E-state index in [1.165, 1.54) is 6.42 Å². The SMILES string of the molecule is C[C@@H](C(=O)NC1CCCCC1)N(Cc1ccc(Cl)cc1Cl)C(=O)CCc1ccc2c(c1)OCCO2. The second-order valence-electron chi connectivity index (χ2n) is 9.25. The van der Waals surface area contributed by atoms with Crippen molar-refractivity contribution in [3.63, 3.8) is 0 Å². The fraction of sp³-hybridized carbons (Fsp3) is 0.481. The Labute approximate surface area is 216 Å².